The smallest absolute Gasteiger partial charge is 0.390 e. The van der Waals surface area contributed by atoms with Crippen LogP contribution in [0.3, 0.4) is 0 Å². The summed E-state index contributed by atoms with van der Waals surface area (Å²) in [4.78, 5) is -0.483. The number of hydrogen-bond donors (Lipinski definition) is 2. The lowest BCUT2D eigenvalue weighted by atomic mass is 10.1. The Morgan fingerprint density at radius 1 is 1.30 bits per heavy atom. The third-order valence-corrected chi connectivity index (χ3v) is 4.12. The highest BCUT2D eigenvalue weighted by Gasteiger charge is 2.28. The maximum absolute atomic E-state index is 13.5. The van der Waals surface area contributed by atoms with Gasteiger partial charge in [0, 0.05) is 12.1 Å². The van der Waals surface area contributed by atoms with Gasteiger partial charge >= 0.3 is 6.18 Å². The summed E-state index contributed by atoms with van der Waals surface area (Å²) in [6, 6.07) is 1.98. The van der Waals surface area contributed by atoms with Crippen LogP contribution in [0.4, 0.5) is 17.6 Å². The van der Waals surface area contributed by atoms with Crippen LogP contribution in [0.5, 0.6) is 0 Å². The lowest BCUT2D eigenvalue weighted by Crippen LogP contribution is -2.29. The Balaban J connectivity index is 3.01. The van der Waals surface area contributed by atoms with Crippen molar-refractivity contribution in [3.63, 3.8) is 0 Å². The molecule has 20 heavy (non-hydrogen) atoms. The molecule has 2 N–H and O–H groups in total. The molecule has 0 atom stereocenters. The Hall–Kier alpha value is -1.19. The Labute approximate surface area is 113 Å². The molecule has 1 aromatic carbocycles. The predicted octanol–water partition coefficient (Wildman–Crippen LogP) is 1.86. The summed E-state index contributed by atoms with van der Waals surface area (Å²) in [5.74, 6) is -0.854. The second-order valence-corrected chi connectivity index (χ2v) is 5.86. The van der Waals surface area contributed by atoms with E-state index >= 15 is 0 Å². The highest BCUT2D eigenvalue weighted by Crippen LogP contribution is 2.22. The molecule has 114 valence electrons. The van der Waals surface area contributed by atoms with Gasteiger partial charge in [-0.15, -0.1) is 0 Å². The minimum absolute atomic E-state index is 0.0179. The summed E-state index contributed by atoms with van der Waals surface area (Å²) in [5.41, 5.74) is -0.203. The minimum atomic E-state index is -4.49. The first-order valence-electron chi connectivity index (χ1n) is 5.53. The molecule has 0 spiro atoms. The van der Waals surface area contributed by atoms with Crippen LogP contribution in [0.2, 0.25) is 0 Å². The van der Waals surface area contributed by atoms with E-state index in [-0.39, 0.29) is 11.1 Å². The van der Waals surface area contributed by atoms with Crippen molar-refractivity contribution >= 4 is 10.0 Å². The molecule has 4 nitrogen and oxygen atoms in total. The minimum Gasteiger partial charge on any atom is -0.392 e. The van der Waals surface area contributed by atoms with Crippen molar-refractivity contribution in [2.24, 2.45) is 0 Å². The van der Waals surface area contributed by atoms with Gasteiger partial charge in [-0.3, -0.25) is 0 Å². The standard InChI is InChI=1S/C11H13F4NO3S/c1-7-9(12)4-8(6-17)5-10(7)20(18,19)16-3-2-11(13,14)15/h4-5,16-17H,2-3,6H2,1H3. The van der Waals surface area contributed by atoms with Crippen molar-refractivity contribution in [1.29, 1.82) is 0 Å². The number of nitrogens with one attached hydrogen (secondary N) is 1. The average molecular weight is 315 g/mol. The Bertz CT molecular complexity index is 584. The van der Waals surface area contributed by atoms with E-state index in [1.54, 1.807) is 4.72 Å². The van der Waals surface area contributed by atoms with Crippen molar-refractivity contribution in [2.45, 2.75) is 31.0 Å². The van der Waals surface area contributed by atoms with E-state index in [1.807, 2.05) is 0 Å². The number of aliphatic hydroxyl groups excluding tert-OH is 1. The summed E-state index contributed by atoms with van der Waals surface area (Å²) >= 11 is 0. The Kier molecular flexibility index (Phi) is 5.11. The summed E-state index contributed by atoms with van der Waals surface area (Å²) in [6.45, 7) is -0.229. The van der Waals surface area contributed by atoms with Crippen LogP contribution >= 0.6 is 0 Å². The zero-order valence-electron chi connectivity index (χ0n) is 10.5. The lowest BCUT2D eigenvalue weighted by molar-refractivity contribution is -0.132. The van der Waals surface area contributed by atoms with Crippen molar-refractivity contribution in [2.75, 3.05) is 6.54 Å². The molecule has 9 heteroatoms. The SMILES string of the molecule is Cc1c(F)cc(CO)cc1S(=O)(=O)NCCC(F)(F)F. The molecule has 0 aliphatic carbocycles. The van der Waals surface area contributed by atoms with E-state index in [4.69, 9.17) is 5.11 Å². The molecular formula is C11H13F4NO3S. The maximum Gasteiger partial charge on any atom is 0.390 e. The zero-order valence-corrected chi connectivity index (χ0v) is 11.3. The molecule has 0 amide bonds. The van der Waals surface area contributed by atoms with Crippen LogP contribution < -0.4 is 4.72 Å². The summed E-state index contributed by atoms with van der Waals surface area (Å²) in [5, 5.41) is 8.90. The van der Waals surface area contributed by atoms with Crippen LogP contribution in [0.1, 0.15) is 17.5 Å². The molecule has 0 aliphatic heterocycles. The number of rotatable bonds is 5. The maximum atomic E-state index is 13.5. The average Bonchev–Trinajstić information content (AvgIpc) is 2.30. The van der Waals surface area contributed by atoms with Crippen LogP contribution in [-0.4, -0.2) is 26.2 Å². The number of alkyl halides is 3. The van der Waals surface area contributed by atoms with E-state index in [0.717, 1.165) is 12.1 Å². The molecular weight excluding hydrogens is 302 g/mol. The molecule has 0 saturated heterocycles. The van der Waals surface area contributed by atoms with E-state index in [0.29, 0.717) is 0 Å². The van der Waals surface area contributed by atoms with Crippen LogP contribution in [0, 0.1) is 12.7 Å². The van der Waals surface area contributed by atoms with Gasteiger partial charge in [0.1, 0.15) is 5.82 Å². The number of sulfonamides is 1. The third kappa shape index (κ3) is 4.43. The highest BCUT2D eigenvalue weighted by atomic mass is 32.2. The van der Waals surface area contributed by atoms with Gasteiger partial charge in [-0.25, -0.2) is 17.5 Å². The fourth-order valence-corrected chi connectivity index (χ4v) is 2.82. The largest absolute Gasteiger partial charge is 0.392 e. The van der Waals surface area contributed by atoms with Gasteiger partial charge in [0.2, 0.25) is 10.0 Å². The van der Waals surface area contributed by atoms with Gasteiger partial charge in [0.25, 0.3) is 0 Å². The number of hydrogen-bond acceptors (Lipinski definition) is 3. The van der Waals surface area contributed by atoms with Crippen molar-refractivity contribution < 1.29 is 31.1 Å². The second-order valence-electron chi connectivity index (χ2n) is 4.12. The molecule has 1 aromatic rings. The topological polar surface area (TPSA) is 66.4 Å². The van der Waals surface area contributed by atoms with Gasteiger partial charge in [-0.1, -0.05) is 0 Å². The highest BCUT2D eigenvalue weighted by molar-refractivity contribution is 7.89. The molecule has 0 bridgehead atoms. The molecule has 1 rings (SSSR count). The van der Waals surface area contributed by atoms with E-state index in [2.05, 4.69) is 0 Å². The van der Waals surface area contributed by atoms with Crippen molar-refractivity contribution in [3.05, 3.63) is 29.1 Å². The Morgan fingerprint density at radius 2 is 1.90 bits per heavy atom. The summed E-state index contributed by atoms with van der Waals surface area (Å²) < 4.78 is 74.8. The van der Waals surface area contributed by atoms with E-state index in [9.17, 15) is 26.0 Å². The lowest BCUT2D eigenvalue weighted by Gasteiger charge is -2.12. The number of aliphatic hydroxyl groups is 1. The Morgan fingerprint density at radius 3 is 2.40 bits per heavy atom. The van der Waals surface area contributed by atoms with Gasteiger partial charge < -0.3 is 5.11 Å². The van der Waals surface area contributed by atoms with Crippen molar-refractivity contribution in [1.82, 2.24) is 4.72 Å². The second kappa shape index (κ2) is 6.06. The molecule has 0 fully saturated rings. The van der Waals surface area contributed by atoms with Gasteiger partial charge in [-0.05, 0) is 24.6 Å². The van der Waals surface area contributed by atoms with Crippen LogP contribution in [0.15, 0.2) is 17.0 Å². The van der Waals surface area contributed by atoms with Gasteiger partial charge in [0.05, 0.1) is 17.9 Å². The fourth-order valence-electron chi connectivity index (χ4n) is 1.48. The number of benzene rings is 1. The number of halogens is 4. The first-order valence-corrected chi connectivity index (χ1v) is 7.01. The fraction of sp³-hybridized carbons (Fsp3) is 0.455. The van der Waals surface area contributed by atoms with Crippen LogP contribution in [-0.2, 0) is 16.6 Å². The molecule has 0 aromatic heterocycles. The monoisotopic (exact) mass is 315 g/mol. The van der Waals surface area contributed by atoms with Gasteiger partial charge in [0.15, 0.2) is 0 Å². The zero-order chi connectivity index (χ0) is 15.6. The first kappa shape index (κ1) is 16.9. The van der Waals surface area contributed by atoms with E-state index < -0.39 is 46.5 Å². The van der Waals surface area contributed by atoms with Crippen LogP contribution in [0.25, 0.3) is 0 Å². The summed E-state index contributed by atoms with van der Waals surface area (Å²) in [6.07, 6.45) is -5.82. The molecule has 0 unspecified atom stereocenters. The molecule has 0 heterocycles. The van der Waals surface area contributed by atoms with Crippen molar-refractivity contribution in [3.8, 4) is 0 Å². The molecule has 0 saturated carbocycles. The normalized spacial score (nSPS) is 12.7. The quantitative estimate of drug-likeness (QED) is 0.815. The van der Waals surface area contributed by atoms with Gasteiger partial charge in [-0.2, -0.15) is 13.2 Å². The molecule has 0 aliphatic rings. The molecule has 0 radical (unpaired) electrons. The van der Waals surface area contributed by atoms with E-state index in [1.165, 1.54) is 6.92 Å². The predicted molar refractivity (Wildman–Crippen MR) is 62.9 cm³/mol. The first-order chi connectivity index (χ1) is 9.07. The summed E-state index contributed by atoms with van der Waals surface area (Å²) in [7, 11) is -4.27. The third-order valence-electron chi connectivity index (χ3n) is 2.53.